The second-order valence-corrected chi connectivity index (χ2v) is 7.98. The van der Waals surface area contributed by atoms with Crippen molar-refractivity contribution in [2.75, 3.05) is 11.9 Å². The first-order chi connectivity index (χ1) is 12.3. The van der Waals surface area contributed by atoms with Crippen LogP contribution in [-0.4, -0.2) is 23.3 Å². The van der Waals surface area contributed by atoms with Gasteiger partial charge in [0, 0.05) is 25.2 Å². The monoisotopic (exact) mass is 350 g/mol. The van der Waals surface area contributed by atoms with Crippen LogP contribution < -0.4 is 5.32 Å². The fourth-order valence-corrected chi connectivity index (χ4v) is 3.20. The van der Waals surface area contributed by atoms with Crippen LogP contribution in [0.3, 0.4) is 0 Å². The lowest BCUT2D eigenvalue weighted by atomic mass is 9.87. The molecule has 0 spiro atoms. The molecule has 0 radical (unpaired) electrons. The average Bonchev–Trinajstić information content (AvgIpc) is 2.96. The molecule has 2 aromatic carbocycles. The minimum Gasteiger partial charge on any atom is -0.338 e. The van der Waals surface area contributed by atoms with Gasteiger partial charge in [0.05, 0.1) is 5.92 Å². The lowest BCUT2D eigenvalue weighted by Gasteiger charge is -2.19. The highest BCUT2D eigenvalue weighted by Crippen LogP contribution is 2.25. The molecule has 1 saturated heterocycles. The number of carbonyl (C=O) groups excluding carboxylic acids is 2. The number of hydrogen-bond donors (Lipinski definition) is 1. The molecule has 4 heteroatoms. The first-order valence-corrected chi connectivity index (χ1v) is 9.06. The quantitative estimate of drug-likeness (QED) is 0.907. The maximum atomic E-state index is 12.6. The van der Waals surface area contributed by atoms with Gasteiger partial charge >= 0.3 is 0 Å². The Morgan fingerprint density at radius 2 is 1.73 bits per heavy atom. The number of likely N-dealkylation sites (tertiary alicyclic amines) is 1. The molecule has 0 unspecified atom stereocenters. The topological polar surface area (TPSA) is 49.4 Å². The third-order valence-corrected chi connectivity index (χ3v) is 4.82. The molecule has 0 aromatic heterocycles. The van der Waals surface area contributed by atoms with Crippen LogP contribution in [0.1, 0.15) is 38.3 Å². The van der Waals surface area contributed by atoms with Crippen molar-refractivity contribution in [2.45, 2.75) is 39.2 Å². The van der Waals surface area contributed by atoms with Gasteiger partial charge in [-0.1, -0.05) is 63.2 Å². The average molecular weight is 350 g/mol. The number of carbonyl (C=O) groups is 2. The van der Waals surface area contributed by atoms with Crippen molar-refractivity contribution in [3.05, 3.63) is 65.7 Å². The van der Waals surface area contributed by atoms with Crippen molar-refractivity contribution >= 4 is 17.5 Å². The van der Waals surface area contributed by atoms with E-state index in [9.17, 15) is 9.59 Å². The van der Waals surface area contributed by atoms with E-state index >= 15 is 0 Å². The summed E-state index contributed by atoms with van der Waals surface area (Å²) in [4.78, 5) is 26.6. The van der Waals surface area contributed by atoms with E-state index in [4.69, 9.17) is 0 Å². The van der Waals surface area contributed by atoms with E-state index < -0.39 is 0 Å². The van der Waals surface area contributed by atoms with E-state index in [1.165, 1.54) is 5.56 Å². The van der Waals surface area contributed by atoms with Crippen molar-refractivity contribution in [3.8, 4) is 0 Å². The predicted octanol–water partition coefficient (Wildman–Crippen LogP) is 3.97. The van der Waals surface area contributed by atoms with Crippen LogP contribution in [0, 0.1) is 5.92 Å². The summed E-state index contributed by atoms with van der Waals surface area (Å²) in [6, 6.07) is 17.8. The van der Waals surface area contributed by atoms with E-state index in [1.807, 2.05) is 54.6 Å². The predicted molar refractivity (Wildman–Crippen MR) is 104 cm³/mol. The molecule has 136 valence electrons. The summed E-state index contributed by atoms with van der Waals surface area (Å²) in [7, 11) is 0. The van der Waals surface area contributed by atoms with E-state index in [-0.39, 0.29) is 29.6 Å². The van der Waals surface area contributed by atoms with Crippen LogP contribution in [0.2, 0.25) is 0 Å². The number of rotatable bonds is 4. The van der Waals surface area contributed by atoms with Gasteiger partial charge in [0.25, 0.3) is 0 Å². The largest absolute Gasteiger partial charge is 0.338 e. The van der Waals surface area contributed by atoms with Crippen LogP contribution in [0.4, 0.5) is 5.69 Å². The van der Waals surface area contributed by atoms with Gasteiger partial charge in [0.1, 0.15) is 0 Å². The molecule has 1 heterocycles. The molecular formula is C22H26N2O2. The highest BCUT2D eigenvalue weighted by Gasteiger charge is 2.34. The Kier molecular flexibility index (Phi) is 5.12. The molecule has 1 fully saturated rings. The molecule has 0 saturated carbocycles. The van der Waals surface area contributed by atoms with Gasteiger partial charge in [-0.15, -0.1) is 0 Å². The first kappa shape index (κ1) is 18.2. The summed E-state index contributed by atoms with van der Waals surface area (Å²) < 4.78 is 0. The number of amides is 2. The fourth-order valence-electron chi connectivity index (χ4n) is 3.20. The Labute approximate surface area is 155 Å². The maximum Gasteiger partial charge on any atom is 0.229 e. The Bertz CT molecular complexity index is 776. The molecule has 4 nitrogen and oxygen atoms in total. The zero-order valence-corrected chi connectivity index (χ0v) is 15.7. The SMILES string of the molecule is CC(C)(C)c1ccc(NC(=O)[C@@H]2CC(=O)N(Cc3ccccc3)C2)cc1. The van der Waals surface area contributed by atoms with Crippen LogP contribution in [0.5, 0.6) is 0 Å². The number of nitrogens with zero attached hydrogens (tertiary/aromatic N) is 1. The molecule has 3 rings (SSSR count). The van der Waals surface area contributed by atoms with Crippen molar-refractivity contribution in [2.24, 2.45) is 5.92 Å². The molecule has 2 aromatic rings. The van der Waals surface area contributed by atoms with Gasteiger partial charge in [-0.3, -0.25) is 9.59 Å². The van der Waals surface area contributed by atoms with Crippen LogP contribution in [0.15, 0.2) is 54.6 Å². The minimum atomic E-state index is -0.298. The molecule has 1 atom stereocenters. The second kappa shape index (κ2) is 7.32. The van der Waals surface area contributed by atoms with E-state index in [2.05, 4.69) is 26.1 Å². The van der Waals surface area contributed by atoms with Gasteiger partial charge in [-0.25, -0.2) is 0 Å². The highest BCUT2D eigenvalue weighted by atomic mass is 16.2. The molecule has 1 N–H and O–H groups in total. The van der Waals surface area contributed by atoms with Gasteiger partial charge < -0.3 is 10.2 Å². The number of anilines is 1. The van der Waals surface area contributed by atoms with Crippen molar-refractivity contribution < 1.29 is 9.59 Å². The fraction of sp³-hybridized carbons (Fsp3) is 0.364. The zero-order chi connectivity index (χ0) is 18.7. The van der Waals surface area contributed by atoms with E-state index in [1.54, 1.807) is 4.90 Å². The standard InChI is InChI=1S/C22H26N2O2/c1-22(2,3)18-9-11-19(12-10-18)23-21(26)17-13-20(25)24(15-17)14-16-7-5-4-6-8-16/h4-12,17H,13-15H2,1-3H3,(H,23,26)/t17-/m1/s1. The van der Waals surface area contributed by atoms with Gasteiger partial charge in [-0.05, 0) is 28.7 Å². The van der Waals surface area contributed by atoms with Crippen molar-refractivity contribution in [1.29, 1.82) is 0 Å². The third kappa shape index (κ3) is 4.31. The second-order valence-electron chi connectivity index (χ2n) is 7.98. The van der Waals surface area contributed by atoms with Crippen molar-refractivity contribution in [3.63, 3.8) is 0 Å². The van der Waals surface area contributed by atoms with Gasteiger partial charge in [-0.2, -0.15) is 0 Å². The minimum absolute atomic E-state index is 0.0390. The molecule has 0 bridgehead atoms. The van der Waals surface area contributed by atoms with E-state index in [0.29, 0.717) is 13.1 Å². The van der Waals surface area contributed by atoms with Crippen LogP contribution in [0.25, 0.3) is 0 Å². The van der Waals surface area contributed by atoms with Gasteiger partial charge in [0.2, 0.25) is 11.8 Å². The van der Waals surface area contributed by atoms with E-state index in [0.717, 1.165) is 11.3 Å². The lowest BCUT2D eigenvalue weighted by molar-refractivity contribution is -0.128. The maximum absolute atomic E-state index is 12.6. The normalized spacial score (nSPS) is 17.4. The molecule has 1 aliphatic rings. The van der Waals surface area contributed by atoms with Crippen LogP contribution >= 0.6 is 0 Å². The highest BCUT2D eigenvalue weighted by molar-refractivity contribution is 5.97. The molecule has 2 amide bonds. The molecule has 0 aliphatic carbocycles. The number of benzene rings is 2. The summed E-state index contributed by atoms with van der Waals surface area (Å²) >= 11 is 0. The summed E-state index contributed by atoms with van der Waals surface area (Å²) in [6.45, 7) is 7.51. The zero-order valence-electron chi connectivity index (χ0n) is 15.7. The number of hydrogen-bond acceptors (Lipinski definition) is 2. The Balaban J connectivity index is 1.59. The van der Waals surface area contributed by atoms with Crippen LogP contribution in [-0.2, 0) is 21.5 Å². The van der Waals surface area contributed by atoms with Gasteiger partial charge in [0.15, 0.2) is 0 Å². The Hall–Kier alpha value is -2.62. The number of nitrogens with one attached hydrogen (secondary N) is 1. The third-order valence-electron chi connectivity index (χ3n) is 4.82. The summed E-state index contributed by atoms with van der Waals surface area (Å²) in [5.74, 6) is -0.344. The van der Waals surface area contributed by atoms with Crippen molar-refractivity contribution in [1.82, 2.24) is 4.90 Å². The Morgan fingerprint density at radius 1 is 1.08 bits per heavy atom. The summed E-state index contributed by atoms with van der Waals surface area (Å²) in [5.41, 5.74) is 3.16. The lowest BCUT2D eigenvalue weighted by Crippen LogP contribution is -2.28. The molecule has 1 aliphatic heterocycles. The molecule has 26 heavy (non-hydrogen) atoms. The molecular weight excluding hydrogens is 324 g/mol. The first-order valence-electron chi connectivity index (χ1n) is 9.06. The summed E-state index contributed by atoms with van der Waals surface area (Å²) in [5, 5.41) is 2.95. The smallest absolute Gasteiger partial charge is 0.229 e. The summed E-state index contributed by atoms with van der Waals surface area (Å²) in [6.07, 6.45) is 0.277. The Morgan fingerprint density at radius 3 is 2.35 bits per heavy atom.